The van der Waals surface area contributed by atoms with E-state index in [1.807, 2.05) is 5.41 Å². The third-order valence-corrected chi connectivity index (χ3v) is 11.1. The summed E-state index contributed by atoms with van der Waals surface area (Å²) >= 11 is 9.02. The highest BCUT2D eigenvalue weighted by Gasteiger charge is 2.34. The Kier molecular flexibility index (Phi) is 8.21. The standard InChI is InChI=1S/C18H30S2Si/c1-5-10-21(11-6-2,12-7-3)18-9-8-15(4)13-16(18)17(20)14-19/h8-9,13-14,19-20H,5-7,10-12H2,1-4H3/b17-14-. The molecule has 118 valence electrons. The lowest BCUT2D eigenvalue weighted by Gasteiger charge is -2.34. The van der Waals surface area contributed by atoms with Gasteiger partial charge in [0.25, 0.3) is 0 Å². The van der Waals surface area contributed by atoms with Gasteiger partial charge in [0.05, 0.1) is 8.07 Å². The molecule has 0 N–H and O–H groups in total. The molecule has 1 rings (SSSR count). The molecule has 0 spiro atoms. The van der Waals surface area contributed by atoms with Crippen LogP contribution in [-0.4, -0.2) is 8.07 Å². The summed E-state index contributed by atoms with van der Waals surface area (Å²) in [6, 6.07) is 11.1. The maximum absolute atomic E-state index is 4.68. The first-order valence-electron chi connectivity index (χ1n) is 8.19. The minimum atomic E-state index is -1.44. The van der Waals surface area contributed by atoms with Crippen LogP contribution >= 0.6 is 25.3 Å². The van der Waals surface area contributed by atoms with E-state index in [1.165, 1.54) is 48.5 Å². The van der Waals surface area contributed by atoms with Gasteiger partial charge in [-0.05, 0) is 17.9 Å². The summed E-state index contributed by atoms with van der Waals surface area (Å²) in [5.41, 5.74) is 2.64. The van der Waals surface area contributed by atoms with Gasteiger partial charge in [-0.3, -0.25) is 0 Å². The van der Waals surface area contributed by atoms with Crippen LogP contribution in [0.5, 0.6) is 0 Å². The lowest BCUT2D eigenvalue weighted by atomic mass is 10.1. The molecule has 0 amide bonds. The second-order valence-electron chi connectivity index (χ2n) is 6.09. The van der Waals surface area contributed by atoms with Crippen molar-refractivity contribution < 1.29 is 0 Å². The van der Waals surface area contributed by atoms with Crippen LogP contribution in [0.2, 0.25) is 18.1 Å². The summed E-state index contributed by atoms with van der Waals surface area (Å²) in [6.07, 6.45) is 3.85. The molecule has 0 aliphatic carbocycles. The zero-order valence-corrected chi connectivity index (χ0v) is 16.7. The monoisotopic (exact) mass is 338 g/mol. The van der Waals surface area contributed by atoms with Gasteiger partial charge in [0.15, 0.2) is 0 Å². The fourth-order valence-electron chi connectivity index (χ4n) is 3.62. The predicted octanol–water partition coefficient (Wildman–Crippen LogP) is 6.04. The number of rotatable bonds is 8. The van der Waals surface area contributed by atoms with E-state index >= 15 is 0 Å². The summed E-state index contributed by atoms with van der Waals surface area (Å²) in [5, 5.41) is 3.44. The van der Waals surface area contributed by atoms with Gasteiger partial charge in [-0.1, -0.05) is 87.1 Å². The van der Waals surface area contributed by atoms with E-state index < -0.39 is 8.07 Å². The van der Waals surface area contributed by atoms with Crippen molar-refractivity contribution in [1.29, 1.82) is 0 Å². The molecular formula is C18H30S2Si. The molecular weight excluding hydrogens is 308 g/mol. The van der Waals surface area contributed by atoms with E-state index in [2.05, 4.69) is 71.2 Å². The van der Waals surface area contributed by atoms with Gasteiger partial charge < -0.3 is 0 Å². The number of hydrogen-bond donors (Lipinski definition) is 2. The first kappa shape index (κ1) is 18.9. The maximum atomic E-state index is 4.68. The predicted molar refractivity (Wildman–Crippen MR) is 108 cm³/mol. The maximum Gasteiger partial charge on any atom is 0.0875 e. The van der Waals surface area contributed by atoms with Gasteiger partial charge >= 0.3 is 0 Å². The largest absolute Gasteiger partial charge is 0.150 e. The first-order valence-corrected chi connectivity index (χ1v) is 11.8. The molecule has 3 heteroatoms. The molecule has 0 radical (unpaired) electrons. The Morgan fingerprint density at radius 1 is 1.05 bits per heavy atom. The smallest absolute Gasteiger partial charge is 0.0875 e. The van der Waals surface area contributed by atoms with E-state index in [-0.39, 0.29) is 0 Å². The average molecular weight is 339 g/mol. The van der Waals surface area contributed by atoms with Gasteiger partial charge in [0, 0.05) is 4.91 Å². The molecule has 0 saturated carbocycles. The van der Waals surface area contributed by atoms with Gasteiger partial charge in [-0.2, -0.15) is 12.6 Å². The highest BCUT2D eigenvalue weighted by atomic mass is 32.1. The van der Waals surface area contributed by atoms with Gasteiger partial charge in [-0.15, -0.1) is 12.6 Å². The van der Waals surface area contributed by atoms with Crippen molar-refractivity contribution >= 4 is 43.4 Å². The van der Waals surface area contributed by atoms with Crippen LogP contribution in [0.3, 0.4) is 0 Å². The van der Waals surface area contributed by atoms with Crippen molar-refractivity contribution in [2.45, 2.75) is 65.1 Å². The second-order valence-corrected chi connectivity index (χ2v) is 11.4. The molecule has 0 atom stereocenters. The summed E-state index contributed by atoms with van der Waals surface area (Å²) in [6.45, 7) is 9.15. The molecule has 0 unspecified atom stereocenters. The Balaban J connectivity index is 3.48. The van der Waals surface area contributed by atoms with Crippen LogP contribution in [-0.2, 0) is 0 Å². The van der Waals surface area contributed by atoms with Crippen LogP contribution < -0.4 is 5.19 Å². The molecule has 0 heterocycles. The quantitative estimate of drug-likeness (QED) is 0.419. The number of benzene rings is 1. The van der Waals surface area contributed by atoms with Crippen LogP contribution in [0, 0.1) is 6.92 Å². The van der Waals surface area contributed by atoms with Gasteiger partial charge in [0.1, 0.15) is 0 Å². The van der Waals surface area contributed by atoms with Crippen LogP contribution in [0.4, 0.5) is 0 Å². The van der Waals surface area contributed by atoms with Crippen molar-refractivity contribution in [2.24, 2.45) is 0 Å². The summed E-state index contributed by atoms with van der Waals surface area (Å²) in [4.78, 5) is 1.01. The Morgan fingerprint density at radius 3 is 2.00 bits per heavy atom. The molecule has 0 saturated heterocycles. The minimum Gasteiger partial charge on any atom is -0.150 e. The van der Waals surface area contributed by atoms with E-state index in [4.69, 9.17) is 0 Å². The molecule has 0 aliphatic rings. The van der Waals surface area contributed by atoms with Crippen LogP contribution in [0.1, 0.15) is 51.2 Å². The van der Waals surface area contributed by atoms with Gasteiger partial charge in [-0.25, -0.2) is 0 Å². The normalized spacial score (nSPS) is 12.8. The summed E-state index contributed by atoms with van der Waals surface area (Å²) in [7, 11) is -1.44. The van der Waals surface area contributed by atoms with Crippen molar-refractivity contribution in [2.75, 3.05) is 0 Å². The number of thiol groups is 2. The zero-order chi connectivity index (χ0) is 15.9. The van der Waals surface area contributed by atoms with Crippen LogP contribution in [0.25, 0.3) is 4.91 Å². The molecule has 0 fully saturated rings. The van der Waals surface area contributed by atoms with E-state index in [0.29, 0.717) is 0 Å². The molecule has 1 aromatic rings. The average Bonchev–Trinajstić information content (AvgIpc) is 2.47. The van der Waals surface area contributed by atoms with E-state index in [0.717, 1.165) is 4.91 Å². The van der Waals surface area contributed by atoms with Crippen LogP contribution in [0.15, 0.2) is 23.6 Å². The highest BCUT2D eigenvalue weighted by molar-refractivity contribution is 7.92. The molecule has 21 heavy (non-hydrogen) atoms. The Bertz CT molecular complexity index is 463. The van der Waals surface area contributed by atoms with E-state index in [1.54, 1.807) is 5.19 Å². The highest BCUT2D eigenvalue weighted by Crippen LogP contribution is 2.30. The number of aryl methyl sites for hydroxylation is 1. The molecule has 0 aromatic heterocycles. The third kappa shape index (κ3) is 4.67. The zero-order valence-electron chi connectivity index (χ0n) is 13.9. The summed E-state index contributed by atoms with van der Waals surface area (Å²) in [5.74, 6) is 0. The minimum absolute atomic E-state index is 1.01. The fraction of sp³-hybridized carbons (Fsp3) is 0.556. The molecule has 1 aromatic carbocycles. The van der Waals surface area contributed by atoms with Crippen molar-refractivity contribution in [3.63, 3.8) is 0 Å². The van der Waals surface area contributed by atoms with Crippen molar-refractivity contribution in [1.82, 2.24) is 0 Å². The first-order chi connectivity index (χ1) is 10.0. The third-order valence-electron chi connectivity index (χ3n) is 4.33. The van der Waals surface area contributed by atoms with Crippen molar-refractivity contribution in [3.8, 4) is 0 Å². The van der Waals surface area contributed by atoms with Gasteiger partial charge in [0.2, 0.25) is 0 Å². The van der Waals surface area contributed by atoms with E-state index in [9.17, 15) is 0 Å². The lowest BCUT2D eigenvalue weighted by molar-refractivity contribution is 0.937. The molecule has 0 nitrogen and oxygen atoms in total. The number of hydrogen-bond acceptors (Lipinski definition) is 2. The Morgan fingerprint density at radius 2 is 1.57 bits per heavy atom. The fourth-order valence-corrected chi connectivity index (χ4v) is 9.69. The van der Waals surface area contributed by atoms with Crippen molar-refractivity contribution in [3.05, 3.63) is 34.7 Å². The SMILES string of the molecule is CCC[Si](CCC)(CCC)c1ccc(C)cc1/C(S)=C/S. The Hall–Kier alpha value is -0.123. The summed E-state index contributed by atoms with van der Waals surface area (Å²) < 4.78 is 0. The second kappa shape index (κ2) is 9.11. The topological polar surface area (TPSA) is 0 Å². The molecule has 0 bridgehead atoms. The molecule has 0 aliphatic heterocycles. The Labute approximate surface area is 143 Å². The lowest BCUT2D eigenvalue weighted by Crippen LogP contribution is -2.48.